The summed E-state index contributed by atoms with van der Waals surface area (Å²) in [5.74, 6) is 0.266. The van der Waals surface area contributed by atoms with Crippen LogP contribution in [0.1, 0.15) is 36.0 Å². The third-order valence-electron chi connectivity index (χ3n) is 3.91. The van der Waals surface area contributed by atoms with Gasteiger partial charge in [-0.25, -0.2) is 0 Å². The third-order valence-corrected chi connectivity index (χ3v) is 3.91. The Bertz CT molecular complexity index is 648. The molecular formula is C17H17NO2. The van der Waals surface area contributed by atoms with Crippen LogP contribution in [0.2, 0.25) is 0 Å². The molecule has 1 fully saturated rings. The Balaban J connectivity index is 1.80. The number of benzene rings is 2. The highest BCUT2D eigenvalue weighted by atomic mass is 16.1. The fraction of sp³-hybridized carbons (Fsp3) is 0.294. The monoisotopic (exact) mass is 267 g/mol. The zero-order valence-electron chi connectivity index (χ0n) is 11.3. The lowest BCUT2D eigenvalue weighted by Gasteiger charge is -2.22. The Hall–Kier alpha value is -2.16. The molecule has 20 heavy (non-hydrogen) atoms. The zero-order chi connectivity index (χ0) is 13.9. The number of nitrogens with one attached hydrogen (secondary N) is 1. The van der Waals surface area contributed by atoms with Crippen molar-refractivity contribution in [2.24, 2.45) is 0 Å². The van der Waals surface area contributed by atoms with Crippen molar-refractivity contribution >= 4 is 22.5 Å². The molecule has 2 aromatic carbocycles. The van der Waals surface area contributed by atoms with Gasteiger partial charge in [-0.3, -0.25) is 9.59 Å². The van der Waals surface area contributed by atoms with Crippen LogP contribution in [0.5, 0.6) is 0 Å². The van der Waals surface area contributed by atoms with E-state index in [1.807, 2.05) is 42.5 Å². The molecule has 2 aromatic rings. The summed E-state index contributed by atoms with van der Waals surface area (Å²) >= 11 is 0. The van der Waals surface area contributed by atoms with Crippen molar-refractivity contribution < 1.29 is 9.59 Å². The van der Waals surface area contributed by atoms with E-state index in [1.165, 1.54) is 0 Å². The summed E-state index contributed by atoms with van der Waals surface area (Å²) in [7, 11) is 0. The fourth-order valence-electron chi connectivity index (χ4n) is 2.77. The smallest absolute Gasteiger partial charge is 0.252 e. The number of hydrogen-bond acceptors (Lipinski definition) is 2. The maximum Gasteiger partial charge on any atom is 0.252 e. The highest BCUT2D eigenvalue weighted by molar-refractivity contribution is 6.07. The molecule has 1 aliphatic carbocycles. The second kappa shape index (κ2) is 5.45. The van der Waals surface area contributed by atoms with Gasteiger partial charge in [0, 0.05) is 24.4 Å². The van der Waals surface area contributed by atoms with E-state index >= 15 is 0 Å². The number of amides is 1. The van der Waals surface area contributed by atoms with Crippen LogP contribution in [-0.2, 0) is 4.79 Å². The number of rotatable bonds is 2. The second-order valence-electron chi connectivity index (χ2n) is 5.31. The van der Waals surface area contributed by atoms with E-state index in [0.717, 1.165) is 23.6 Å². The molecule has 3 rings (SSSR count). The fourth-order valence-corrected chi connectivity index (χ4v) is 2.77. The zero-order valence-corrected chi connectivity index (χ0v) is 11.3. The molecule has 1 aliphatic rings. The first kappa shape index (κ1) is 12.9. The third kappa shape index (κ3) is 2.57. The van der Waals surface area contributed by atoms with Gasteiger partial charge in [-0.05, 0) is 29.7 Å². The van der Waals surface area contributed by atoms with Crippen LogP contribution in [0.25, 0.3) is 10.8 Å². The molecule has 102 valence electrons. The van der Waals surface area contributed by atoms with Crippen LogP contribution in [0, 0.1) is 0 Å². The van der Waals surface area contributed by atoms with E-state index in [0.29, 0.717) is 24.2 Å². The summed E-state index contributed by atoms with van der Waals surface area (Å²) in [6.07, 6.45) is 2.69. The quantitative estimate of drug-likeness (QED) is 0.909. The van der Waals surface area contributed by atoms with Gasteiger partial charge in [0.05, 0.1) is 0 Å². The van der Waals surface area contributed by atoms with Crippen molar-refractivity contribution in [3.05, 3.63) is 48.0 Å². The van der Waals surface area contributed by atoms with Gasteiger partial charge >= 0.3 is 0 Å². The average Bonchev–Trinajstić information content (AvgIpc) is 2.49. The Kier molecular flexibility index (Phi) is 3.50. The standard InChI is InChI=1S/C17H17NO2/c19-14-10-8-13(9-11-14)18-17(20)16-7-3-5-12-4-1-2-6-15(12)16/h1-7,13H,8-11H2,(H,18,20). The Morgan fingerprint density at radius 3 is 2.50 bits per heavy atom. The van der Waals surface area contributed by atoms with Gasteiger partial charge in [0.1, 0.15) is 5.78 Å². The number of carbonyl (C=O) groups is 2. The van der Waals surface area contributed by atoms with Crippen LogP contribution in [-0.4, -0.2) is 17.7 Å². The Morgan fingerprint density at radius 1 is 1.00 bits per heavy atom. The van der Waals surface area contributed by atoms with Gasteiger partial charge in [0.2, 0.25) is 0 Å². The summed E-state index contributed by atoms with van der Waals surface area (Å²) < 4.78 is 0. The van der Waals surface area contributed by atoms with Crippen LogP contribution < -0.4 is 5.32 Å². The minimum absolute atomic E-state index is 0.0406. The number of hydrogen-bond donors (Lipinski definition) is 1. The molecule has 0 aliphatic heterocycles. The number of ketones is 1. The molecular weight excluding hydrogens is 250 g/mol. The normalized spacial score (nSPS) is 16.3. The second-order valence-corrected chi connectivity index (χ2v) is 5.31. The summed E-state index contributed by atoms with van der Waals surface area (Å²) in [6.45, 7) is 0. The lowest BCUT2D eigenvalue weighted by Crippen LogP contribution is -2.37. The highest BCUT2D eigenvalue weighted by Gasteiger charge is 2.21. The van der Waals surface area contributed by atoms with Gasteiger partial charge in [-0.1, -0.05) is 36.4 Å². The van der Waals surface area contributed by atoms with E-state index in [4.69, 9.17) is 0 Å². The minimum atomic E-state index is -0.0406. The molecule has 0 spiro atoms. The van der Waals surface area contributed by atoms with Gasteiger partial charge in [0.25, 0.3) is 5.91 Å². The molecule has 0 heterocycles. The van der Waals surface area contributed by atoms with Gasteiger partial charge in [-0.15, -0.1) is 0 Å². The van der Waals surface area contributed by atoms with E-state index in [1.54, 1.807) is 0 Å². The predicted molar refractivity (Wildman–Crippen MR) is 78.7 cm³/mol. The molecule has 1 amide bonds. The Morgan fingerprint density at radius 2 is 1.70 bits per heavy atom. The minimum Gasteiger partial charge on any atom is -0.349 e. The number of carbonyl (C=O) groups excluding carboxylic acids is 2. The van der Waals surface area contributed by atoms with Crippen molar-refractivity contribution in [2.45, 2.75) is 31.7 Å². The predicted octanol–water partition coefficient (Wildman–Crippen LogP) is 3.08. The van der Waals surface area contributed by atoms with Crippen molar-refractivity contribution in [1.29, 1.82) is 0 Å². The van der Waals surface area contributed by atoms with Gasteiger partial charge in [-0.2, -0.15) is 0 Å². The Labute approximate surface area is 118 Å². The number of Topliss-reactive ketones (excluding diaryl/α,β-unsaturated/α-hetero) is 1. The molecule has 0 saturated heterocycles. The van der Waals surface area contributed by atoms with E-state index in [-0.39, 0.29) is 11.9 Å². The van der Waals surface area contributed by atoms with E-state index in [2.05, 4.69) is 5.32 Å². The van der Waals surface area contributed by atoms with Crippen molar-refractivity contribution in [2.75, 3.05) is 0 Å². The van der Waals surface area contributed by atoms with Gasteiger partial charge < -0.3 is 5.32 Å². The van der Waals surface area contributed by atoms with Crippen molar-refractivity contribution in [3.63, 3.8) is 0 Å². The molecule has 0 atom stereocenters. The molecule has 1 N–H and O–H groups in total. The lowest BCUT2D eigenvalue weighted by atomic mass is 9.94. The number of fused-ring (bicyclic) bond motifs is 1. The summed E-state index contributed by atoms with van der Waals surface area (Å²) in [5.41, 5.74) is 0.708. The van der Waals surface area contributed by atoms with Crippen LogP contribution >= 0.6 is 0 Å². The lowest BCUT2D eigenvalue weighted by molar-refractivity contribution is -0.120. The molecule has 0 unspecified atom stereocenters. The van der Waals surface area contributed by atoms with Crippen LogP contribution in [0.3, 0.4) is 0 Å². The molecule has 0 radical (unpaired) electrons. The first-order chi connectivity index (χ1) is 9.74. The van der Waals surface area contributed by atoms with Crippen molar-refractivity contribution in [3.8, 4) is 0 Å². The van der Waals surface area contributed by atoms with Crippen LogP contribution in [0.4, 0.5) is 0 Å². The highest BCUT2D eigenvalue weighted by Crippen LogP contribution is 2.20. The van der Waals surface area contributed by atoms with Crippen molar-refractivity contribution in [1.82, 2.24) is 5.32 Å². The molecule has 0 aromatic heterocycles. The first-order valence-corrected chi connectivity index (χ1v) is 7.04. The SMILES string of the molecule is O=C1CCC(NC(=O)c2cccc3ccccc23)CC1. The summed E-state index contributed by atoms with van der Waals surface area (Å²) in [5, 5.41) is 5.10. The van der Waals surface area contributed by atoms with Crippen LogP contribution in [0.15, 0.2) is 42.5 Å². The molecule has 3 heteroatoms. The average molecular weight is 267 g/mol. The maximum absolute atomic E-state index is 12.4. The van der Waals surface area contributed by atoms with Gasteiger partial charge in [0.15, 0.2) is 0 Å². The molecule has 1 saturated carbocycles. The van der Waals surface area contributed by atoms with E-state index < -0.39 is 0 Å². The largest absolute Gasteiger partial charge is 0.349 e. The maximum atomic E-state index is 12.4. The summed E-state index contributed by atoms with van der Waals surface area (Å²) in [6, 6.07) is 13.8. The van der Waals surface area contributed by atoms with E-state index in [9.17, 15) is 9.59 Å². The first-order valence-electron chi connectivity index (χ1n) is 7.04. The summed E-state index contributed by atoms with van der Waals surface area (Å²) in [4.78, 5) is 23.6. The molecule has 3 nitrogen and oxygen atoms in total. The topological polar surface area (TPSA) is 46.2 Å². The molecule has 0 bridgehead atoms.